The van der Waals surface area contributed by atoms with Crippen LogP contribution >= 0.6 is 12.6 Å². The van der Waals surface area contributed by atoms with Crippen LogP contribution in [0.25, 0.3) is 0 Å². The SMILES string of the molecule is CCCOC(=O)C(N)CCS. The molecule has 0 aliphatic carbocycles. The third-order valence-electron chi connectivity index (χ3n) is 1.19. The van der Waals surface area contributed by atoms with Crippen molar-refractivity contribution in [3.05, 3.63) is 0 Å². The number of carbonyl (C=O) groups is 1. The number of ether oxygens (including phenoxy) is 1. The Morgan fingerprint density at radius 2 is 2.36 bits per heavy atom. The standard InChI is InChI=1S/C7H15NO2S/c1-2-4-10-7(9)6(8)3-5-11/h6,11H,2-5,8H2,1H3. The highest BCUT2D eigenvalue weighted by atomic mass is 32.1. The van der Waals surface area contributed by atoms with Crippen LogP contribution in [0.2, 0.25) is 0 Å². The lowest BCUT2D eigenvalue weighted by Crippen LogP contribution is -2.32. The quantitative estimate of drug-likeness (QED) is 0.477. The highest BCUT2D eigenvalue weighted by molar-refractivity contribution is 7.80. The van der Waals surface area contributed by atoms with E-state index in [0.717, 1.165) is 6.42 Å². The van der Waals surface area contributed by atoms with Gasteiger partial charge in [0.25, 0.3) is 0 Å². The van der Waals surface area contributed by atoms with Crippen LogP contribution in [0.4, 0.5) is 0 Å². The first-order valence-corrected chi connectivity index (χ1v) is 4.38. The molecule has 3 nitrogen and oxygen atoms in total. The second-order valence-corrected chi connectivity index (χ2v) is 2.73. The number of hydrogen-bond acceptors (Lipinski definition) is 4. The molecule has 66 valence electrons. The molecule has 0 rings (SSSR count). The number of nitrogens with two attached hydrogens (primary N) is 1. The number of hydrogen-bond donors (Lipinski definition) is 2. The molecule has 0 bridgehead atoms. The van der Waals surface area contributed by atoms with E-state index in [1.807, 2.05) is 6.92 Å². The predicted molar refractivity (Wildman–Crippen MR) is 47.7 cm³/mol. The molecular weight excluding hydrogens is 162 g/mol. The fourth-order valence-electron chi connectivity index (χ4n) is 0.567. The van der Waals surface area contributed by atoms with Crippen molar-refractivity contribution in [2.24, 2.45) is 5.73 Å². The second kappa shape index (κ2) is 6.49. The summed E-state index contributed by atoms with van der Waals surface area (Å²) in [6, 6.07) is -0.501. The lowest BCUT2D eigenvalue weighted by atomic mass is 10.2. The molecule has 0 amide bonds. The van der Waals surface area contributed by atoms with E-state index in [1.54, 1.807) is 0 Å². The number of carbonyl (C=O) groups excluding carboxylic acids is 1. The van der Waals surface area contributed by atoms with Gasteiger partial charge in [-0.2, -0.15) is 12.6 Å². The smallest absolute Gasteiger partial charge is 0.322 e. The first kappa shape index (κ1) is 10.8. The van der Waals surface area contributed by atoms with Crippen molar-refractivity contribution in [2.75, 3.05) is 12.4 Å². The molecule has 11 heavy (non-hydrogen) atoms. The lowest BCUT2D eigenvalue weighted by Gasteiger charge is -2.08. The van der Waals surface area contributed by atoms with Gasteiger partial charge in [0.05, 0.1) is 6.61 Å². The molecule has 4 heteroatoms. The minimum atomic E-state index is -0.501. The summed E-state index contributed by atoms with van der Waals surface area (Å²) in [5.41, 5.74) is 5.45. The maximum Gasteiger partial charge on any atom is 0.322 e. The van der Waals surface area contributed by atoms with E-state index >= 15 is 0 Å². The van der Waals surface area contributed by atoms with Crippen molar-refractivity contribution in [3.8, 4) is 0 Å². The van der Waals surface area contributed by atoms with E-state index in [2.05, 4.69) is 12.6 Å². The van der Waals surface area contributed by atoms with Crippen molar-refractivity contribution in [3.63, 3.8) is 0 Å². The maximum atomic E-state index is 10.9. The molecule has 0 aromatic carbocycles. The summed E-state index contributed by atoms with van der Waals surface area (Å²) in [5.74, 6) is 0.295. The van der Waals surface area contributed by atoms with Crippen LogP contribution in [0.15, 0.2) is 0 Å². The highest BCUT2D eigenvalue weighted by Crippen LogP contribution is 1.94. The Hall–Kier alpha value is -0.220. The first-order valence-electron chi connectivity index (χ1n) is 3.75. The van der Waals surface area contributed by atoms with Gasteiger partial charge < -0.3 is 10.5 Å². The maximum absolute atomic E-state index is 10.9. The molecule has 1 unspecified atom stereocenters. The molecule has 0 radical (unpaired) electrons. The molecule has 0 aromatic heterocycles. The lowest BCUT2D eigenvalue weighted by molar-refractivity contribution is -0.145. The molecule has 1 atom stereocenters. The number of esters is 1. The van der Waals surface area contributed by atoms with Crippen molar-refractivity contribution in [1.29, 1.82) is 0 Å². The van der Waals surface area contributed by atoms with Gasteiger partial charge >= 0.3 is 5.97 Å². The van der Waals surface area contributed by atoms with E-state index < -0.39 is 6.04 Å². The largest absolute Gasteiger partial charge is 0.465 e. The Bertz CT molecular complexity index is 119. The van der Waals surface area contributed by atoms with E-state index in [1.165, 1.54) is 0 Å². The Balaban J connectivity index is 3.47. The highest BCUT2D eigenvalue weighted by Gasteiger charge is 2.12. The summed E-state index contributed by atoms with van der Waals surface area (Å²) in [4.78, 5) is 10.9. The molecule has 2 N–H and O–H groups in total. The molecule has 0 heterocycles. The van der Waals surface area contributed by atoms with Crippen molar-refractivity contribution in [2.45, 2.75) is 25.8 Å². The van der Waals surface area contributed by atoms with Crippen LogP contribution in [-0.2, 0) is 9.53 Å². The second-order valence-electron chi connectivity index (χ2n) is 2.29. The topological polar surface area (TPSA) is 52.3 Å². The van der Waals surface area contributed by atoms with Gasteiger partial charge in [-0.25, -0.2) is 0 Å². The molecule has 0 aliphatic rings. The van der Waals surface area contributed by atoms with Gasteiger partial charge in [0.2, 0.25) is 0 Å². The Morgan fingerprint density at radius 1 is 1.73 bits per heavy atom. The zero-order valence-electron chi connectivity index (χ0n) is 6.75. The van der Waals surface area contributed by atoms with E-state index in [4.69, 9.17) is 10.5 Å². The Labute approximate surface area is 72.7 Å². The summed E-state index contributed by atoms with van der Waals surface area (Å²) in [6.07, 6.45) is 1.41. The van der Waals surface area contributed by atoms with Gasteiger partial charge in [-0.05, 0) is 18.6 Å². The average Bonchev–Trinajstić information content (AvgIpc) is 2.00. The minimum Gasteiger partial charge on any atom is -0.465 e. The monoisotopic (exact) mass is 177 g/mol. The van der Waals surface area contributed by atoms with Crippen molar-refractivity contribution >= 4 is 18.6 Å². The van der Waals surface area contributed by atoms with Crippen LogP contribution < -0.4 is 5.73 Å². The third kappa shape index (κ3) is 5.09. The van der Waals surface area contributed by atoms with Crippen LogP contribution in [0.1, 0.15) is 19.8 Å². The summed E-state index contributed by atoms with van der Waals surface area (Å²) in [7, 11) is 0. The van der Waals surface area contributed by atoms with Crippen LogP contribution in [0, 0.1) is 0 Å². The third-order valence-corrected chi connectivity index (χ3v) is 1.45. The van der Waals surface area contributed by atoms with Gasteiger partial charge in [0.15, 0.2) is 0 Å². The Morgan fingerprint density at radius 3 is 2.82 bits per heavy atom. The molecule has 0 aromatic rings. The fourth-order valence-corrected chi connectivity index (χ4v) is 0.845. The summed E-state index contributed by atoms with van der Waals surface area (Å²) in [6.45, 7) is 2.40. The zero-order chi connectivity index (χ0) is 8.69. The van der Waals surface area contributed by atoms with Gasteiger partial charge in [-0.1, -0.05) is 6.92 Å². The van der Waals surface area contributed by atoms with Crippen molar-refractivity contribution in [1.82, 2.24) is 0 Å². The fraction of sp³-hybridized carbons (Fsp3) is 0.857. The van der Waals surface area contributed by atoms with E-state index in [9.17, 15) is 4.79 Å². The number of thiol groups is 1. The molecule has 0 saturated heterocycles. The summed E-state index contributed by atoms with van der Waals surface area (Å²) < 4.78 is 4.81. The predicted octanol–water partition coefficient (Wildman–Crippen LogP) is 0.587. The van der Waals surface area contributed by atoms with Gasteiger partial charge in [-0.3, -0.25) is 4.79 Å². The van der Waals surface area contributed by atoms with E-state index in [-0.39, 0.29) is 5.97 Å². The average molecular weight is 177 g/mol. The van der Waals surface area contributed by atoms with E-state index in [0.29, 0.717) is 18.8 Å². The van der Waals surface area contributed by atoms with Gasteiger partial charge in [0.1, 0.15) is 6.04 Å². The minimum absolute atomic E-state index is 0.319. The normalized spacial score (nSPS) is 12.6. The molecule has 0 saturated carbocycles. The first-order chi connectivity index (χ1) is 5.22. The summed E-state index contributed by atoms with van der Waals surface area (Å²) in [5, 5.41) is 0. The molecule has 0 fully saturated rings. The molecular formula is C7H15NO2S. The summed E-state index contributed by atoms with van der Waals surface area (Å²) >= 11 is 3.96. The van der Waals surface area contributed by atoms with Crippen LogP contribution in [0.5, 0.6) is 0 Å². The zero-order valence-corrected chi connectivity index (χ0v) is 7.64. The van der Waals surface area contributed by atoms with Gasteiger partial charge in [0, 0.05) is 0 Å². The van der Waals surface area contributed by atoms with Crippen molar-refractivity contribution < 1.29 is 9.53 Å². The molecule has 0 spiro atoms. The van der Waals surface area contributed by atoms with Crippen LogP contribution in [-0.4, -0.2) is 24.4 Å². The van der Waals surface area contributed by atoms with Crippen LogP contribution in [0.3, 0.4) is 0 Å². The Kier molecular flexibility index (Phi) is 6.36. The molecule has 0 aliphatic heterocycles. The van der Waals surface area contributed by atoms with Gasteiger partial charge in [-0.15, -0.1) is 0 Å². The number of rotatable bonds is 5.